The summed E-state index contributed by atoms with van der Waals surface area (Å²) in [5.41, 5.74) is 2.05. The second-order valence-corrected chi connectivity index (χ2v) is 7.87. The highest BCUT2D eigenvalue weighted by atomic mass is 32.2. The molecule has 0 radical (unpaired) electrons. The van der Waals surface area contributed by atoms with E-state index in [9.17, 15) is 8.42 Å². The number of benzene rings is 1. The number of pyridine rings is 1. The number of nitriles is 1. The molecule has 0 amide bonds. The lowest BCUT2D eigenvalue weighted by Gasteiger charge is -2.26. The van der Waals surface area contributed by atoms with Crippen LogP contribution in [-0.2, 0) is 27.1 Å². The Morgan fingerprint density at radius 3 is 2.62 bits per heavy atom. The number of anilines is 1. The minimum absolute atomic E-state index is 0.0574. The van der Waals surface area contributed by atoms with E-state index in [1.165, 1.54) is 4.31 Å². The minimum Gasteiger partial charge on any atom is -0.379 e. The third-order valence-electron chi connectivity index (χ3n) is 4.19. The largest absolute Gasteiger partial charge is 0.379 e. The summed E-state index contributed by atoms with van der Waals surface area (Å²) in [4.78, 5) is 4.17. The fourth-order valence-electron chi connectivity index (χ4n) is 2.80. The topological polar surface area (TPSA) is 95.3 Å². The van der Waals surface area contributed by atoms with E-state index >= 15 is 0 Å². The summed E-state index contributed by atoms with van der Waals surface area (Å²) in [6.45, 7) is 2.03. The van der Waals surface area contributed by atoms with Crippen LogP contribution in [0.3, 0.4) is 0 Å². The maximum Gasteiger partial charge on any atom is 0.218 e. The molecule has 136 valence electrons. The number of hydrogen-bond acceptors (Lipinski definition) is 6. The summed E-state index contributed by atoms with van der Waals surface area (Å²) in [7, 11) is -3.40. The standard InChI is InChI=1S/C18H20N4O3S/c19-12-15-6-3-7-20-18(15)21-13-16-4-1-2-5-17(16)14-26(23,24)22-8-10-25-11-9-22/h1-7H,8-11,13-14H2,(H,20,21). The van der Waals surface area contributed by atoms with Crippen LogP contribution < -0.4 is 5.32 Å². The van der Waals surface area contributed by atoms with Crippen molar-refractivity contribution in [3.05, 3.63) is 59.3 Å². The van der Waals surface area contributed by atoms with Gasteiger partial charge in [-0.1, -0.05) is 24.3 Å². The number of ether oxygens (including phenoxy) is 1. The molecule has 1 aromatic heterocycles. The lowest BCUT2D eigenvalue weighted by atomic mass is 10.1. The average molecular weight is 372 g/mol. The Hall–Kier alpha value is -2.47. The molecule has 0 saturated carbocycles. The zero-order valence-electron chi connectivity index (χ0n) is 14.3. The van der Waals surface area contributed by atoms with Gasteiger partial charge in [0, 0.05) is 25.8 Å². The number of morpholine rings is 1. The van der Waals surface area contributed by atoms with E-state index < -0.39 is 10.0 Å². The van der Waals surface area contributed by atoms with Gasteiger partial charge in [0.25, 0.3) is 0 Å². The van der Waals surface area contributed by atoms with Crippen LogP contribution in [0.5, 0.6) is 0 Å². The molecule has 8 heteroatoms. The van der Waals surface area contributed by atoms with E-state index in [-0.39, 0.29) is 5.75 Å². The van der Waals surface area contributed by atoms with Crippen molar-refractivity contribution in [1.29, 1.82) is 5.26 Å². The van der Waals surface area contributed by atoms with Gasteiger partial charge in [0.2, 0.25) is 10.0 Å². The first kappa shape index (κ1) is 18.3. The molecule has 26 heavy (non-hydrogen) atoms. The van der Waals surface area contributed by atoms with Gasteiger partial charge in [-0.25, -0.2) is 13.4 Å². The summed E-state index contributed by atoms with van der Waals surface area (Å²) in [6, 6.07) is 12.9. The zero-order valence-corrected chi connectivity index (χ0v) is 15.1. The van der Waals surface area contributed by atoms with Crippen LogP contribution in [0, 0.1) is 11.3 Å². The van der Waals surface area contributed by atoms with Gasteiger partial charge in [-0.3, -0.25) is 0 Å². The van der Waals surface area contributed by atoms with Crippen LogP contribution >= 0.6 is 0 Å². The molecule has 1 fully saturated rings. The quantitative estimate of drug-likeness (QED) is 0.830. The average Bonchev–Trinajstić information content (AvgIpc) is 2.68. The van der Waals surface area contributed by atoms with Gasteiger partial charge in [-0.15, -0.1) is 0 Å². The SMILES string of the molecule is N#Cc1cccnc1NCc1ccccc1CS(=O)(=O)N1CCOCC1. The van der Waals surface area contributed by atoms with Gasteiger partial charge in [-0.05, 0) is 23.3 Å². The molecule has 0 bridgehead atoms. The zero-order chi connectivity index (χ0) is 18.4. The van der Waals surface area contributed by atoms with Crippen LogP contribution in [-0.4, -0.2) is 44.0 Å². The molecule has 0 unspecified atom stereocenters. The van der Waals surface area contributed by atoms with Crippen LogP contribution in [0.1, 0.15) is 16.7 Å². The van der Waals surface area contributed by atoms with E-state index in [0.717, 1.165) is 11.1 Å². The molecule has 1 saturated heterocycles. The molecule has 2 heterocycles. The van der Waals surface area contributed by atoms with Gasteiger partial charge in [0.05, 0.1) is 24.5 Å². The van der Waals surface area contributed by atoms with Crippen LogP contribution in [0.2, 0.25) is 0 Å². The number of aromatic nitrogens is 1. The van der Waals surface area contributed by atoms with Crippen molar-refractivity contribution in [2.45, 2.75) is 12.3 Å². The molecule has 1 N–H and O–H groups in total. The molecule has 7 nitrogen and oxygen atoms in total. The van der Waals surface area contributed by atoms with Crippen molar-refractivity contribution in [2.24, 2.45) is 0 Å². The van der Waals surface area contributed by atoms with E-state index in [1.54, 1.807) is 18.3 Å². The van der Waals surface area contributed by atoms with Gasteiger partial charge in [0.1, 0.15) is 11.9 Å². The lowest BCUT2D eigenvalue weighted by Crippen LogP contribution is -2.41. The first-order valence-electron chi connectivity index (χ1n) is 8.31. The fraction of sp³-hybridized carbons (Fsp3) is 0.333. The Bertz CT molecular complexity index is 903. The van der Waals surface area contributed by atoms with Crippen LogP contribution in [0.25, 0.3) is 0 Å². The number of nitrogens with one attached hydrogen (secondary N) is 1. The molecule has 0 spiro atoms. The van der Waals surface area contributed by atoms with Gasteiger partial charge >= 0.3 is 0 Å². The Labute approximate surface area is 153 Å². The Balaban J connectivity index is 1.75. The Kier molecular flexibility index (Phi) is 5.83. The second-order valence-electron chi connectivity index (χ2n) is 5.90. The fourth-order valence-corrected chi connectivity index (χ4v) is 4.36. The first-order valence-corrected chi connectivity index (χ1v) is 9.92. The maximum atomic E-state index is 12.7. The van der Waals surface area contributed by atoms with Gasteiger partial charge in [0.15, 0.2) is 0 Å². The summed E-state index contributed by atoms with van der Waals surface area (Å²) >= 11 is 0. The second kappa shape index (κ2) is 8.27. The maximum absolute atomic E-state index is 12.7. The number of rotatable bonds is 6. The minimum atomic E-state index is -3.40. The summed E-state index contributed by atoms with van der Waals surface area (Å²) in [6.07, 6.45) is 1.61. The van der Waals surface area contributed by atoms with Gasteiger partial charge in [-0.2, -0.15) is 9.57 Å². The highest BCUT2D eigenvalue weighted by Gasteiger charge is 2.25. The van der Waals surface area contributed by atoms with Crippen molar-refractivity contribution in [1.82, 2.24) is 9.29 Å². The third kappa shape index (κ3) is 4.38. The molecular weight excluding hydrogens is 352 g/mol. The number of hydrogen-bond donors (Lipinski definition) is 1. The lowest BCUT2D eigenvalue weighted by molar-refractivity contribution is 0.0729. The summed E-state index contributed by atoms with van der Waals surface area (Å²) < 4.78 is 32.1. The first-order chi connectivity index (χ1) is 12.6. The highest BCUT2D eigenvalue weighted by molar-refractivity contribution is 7.88. The van der Waals surface area contributed by atoms with Crippen LogP contribution in [0.4, 0.5) is 5.82 Å². The van der Waals surface area contributed by atoms with Crippen molar-refractivity contribution >= 4 is 15.8 Å². The van der Waals surface area contributed by atoms with Crippen molar-refractivity contribution in [2.75, 3.05) is 31.6 Å². The van der Waals surface area contributed by atoms with Crippen molar-refractivity contribution < 1.29 is 13.2 Å². The summed E-state index contributed by atoms with van der Waals surface area (Å²) in [5, 5.41) is 12.3. The molecule has 0 atom stereocenters. The molecule has 1 aromatic carbocycles. The molecule has 1 aliphatic heterocycles. The molecular formula is C18H20N4O3S. The van der Waals surface area contributed by atoms with Crippen LogP contribution in [0.15, 0.2) is 42.6 Å². The predicted octanol–water partition coefficient (Wildman–Crippen LogP) is 1.73. The van der Waals surface area contributed by atoms with Crippen molar-refractivity contribution in [3.8, 4) is 6.07 Å². The third-order valence-corrected chi connectivity index (χ3v) is 6.02. The smallest absolute Gasteiger partial charge is 0.218 e. The molecule has 3 rings (SSSR count). The summed E-state index contributed by atoms with van der Waals surface area (Å²) in [5.74, 6) is 0.430. The van der Waals surface area contributed by atoms with Crippen molar-refractivity contribution in [3.63, 3.8) is 0 Å². The van der Waals surface area contributed by atoms with E-state index in [2.05, 4.69) is 16.4 Å². The van der Waals surface area contributed by atoms with E-state index in [4.69, 9.17) is 10.00 Å². The Morgan fingerprint density at radius 2 is 1.88 bits per heavy atom. The number of nitrogens with zero attached hydrogens (tertiary/aromatic N) is 3. The molecule has 1 aliphatic rings. The van der Waals surface area contributed by atoms with E-state index in [0.29, 0.717) is 44.2 Å². The van der Waals surface area contributed by atoms with E-state index in [1.807, 2.05) is 24.3 Å². The predicted molar refractivity (Wildman–Crippen MR) is 97.7 cm³/mol. The normalized spacial score (nSPS) is 15.3. The molecule has 0 aliphatic carbocycles. The monoisotopic (exact) mass is 372 g/mol. The van der Waals surface area contributed by atoms with Gasteiger partial charge < -0.3 is 10.1 Å². The Morgan fingerprint density at radius 1 is 1.15 bits per heavy atom. The molecule has 2 aromatic rings. The number of sulfonamides is 1. The highest BCUT2D eigenvalue weighted by Crippen LogP contribution is 2.18.